The molecule has 4 saturated carbocycles. The van der Waals surface area contributed by atoms with Crippen molar-refractivity contribution in [2.24, 2.45) is 23.2 Å². The van der Waals surface area contributed by atoms with Crippen molar-refractivity contribution in [1.29, 1.82) is 0 Å². The quantitative estimate of drug-likeness (QED) is 0.685. The number of carbonyl (C=O) groups excluding carboxylic acids is 1. The Morgan fingerprint density at radius 1 is 1.07 bits per heavy atom. The number of sulfonamides is 1. The van der Waals surface area contributed by atoms with Crippen molar-refractivity contribution in [3.05, 3.63) is 23.8 Å². The van der Waals surface area contributed by atoms with E-state index in [0.717, 1.165) is 17.8 Å². The topological polar surface area (TPSA) is 84.5 Å². The molecule has 1 aromatic rings. The third-order valence-corrected chi connectivity index (χ3v) is 9.14. The highest BCUT2D eigenvalue weighted by Crippen LogP contribution is 2.61. The Labute approximate surface area is 180 Å². The smallest absolute Gasteiger partial charge is 0.251 e. The first kappa shape index (κ1) is 21.6. The highest BCUT2D eigenvalue weighted by Gasteiger charge is 2.53. The minimum Gasteiger partial charge on any atom is -0.495 e. The first-order valence-corrected chi connectivity index (χ1v) is 12.6. The molecule has 4 aliphatic rings. The summed E-state index contributed by atoms with van der Waals surface area (Å²) < 4.78 is 33.3. The summed E-state index contributed by atoms with van der Waals surface area (Å²) in [6.07, 6.45) is 7.72. The minimum atomic E-state index is -3.78. The fourth-order valence-electron chi connectivity index (χ4n) is 6.54. The van der Waals surface area contributed by atoms with E-state index in [2.05, 4.69) is 17.0 Å². The highest BCUT2D eigenvalue weighted by atomic mass is 32.2. The van der Waals surface area contributed by atoms with E-state index >= 15 is 0 Å². The lowest BCUT2D eigenvalue weighted by atomic mass is 9.48. The van der Waals surface area contributed by atoms with Crippen LogP contribution in [0.2, 0.25) is 0 Å². The highest BCUT2D eigenvalue weighted by molar-refractivity contribution is 7.89. The van der Waals surface area contributed by atoms with Gasteiger partial charge in [-0.3, -0.25) is 4.79 Å². The Bertz CT molecular complexity index is 890. The molecule has 0 aromatic heterocycles. The number of methoxy groups -OCH3 is 1. The average molecular weight is 435 g/mol. The lowest BCUT2D eigenvalue weighted by molar-refractivity contribution is -0.0688. The molecule has 5 rings (SSSR count). The van der Waals surface area contributed by atoms with Crippen molar-refractivity contribution in [1.82, 2.24) is 10.0 Å². The molecule has 1 atom stereocenters. The van der Waals surface area contributed by atoms with Gasteiger partial charge in [-0.1, -0.05) is 0 Å². The molecule has 166 valence electrons. The molecule has 0 saturated heterocycles. The van der Waals surface area contributed by atoms with E-state index < -0.39 is 10.0 Å². The third kappa shape index (κ3) is 3.98. The summed E-state index contributed by atoms with van der Waals surface area (Å²) in [4.78, 5) is 13.1. The Balaban J connectivity index is 1.54. The van der Waals surface area contributed by atoms with Crippen LogP contribution in [0.3, 0.4) is 0 Å². The zero-order valence-electron chi connectivity index (χ0n) is 18.4. The van der Waals surface area contributed by atoms with Crippen LogP contribution in [0.25, 0.3) is 0 Å². The molecule has 2 N–H and O–H groups in total. The van der Waals surface area contributed by atoms with Crippen molar-refractivity contribution in [2.75, 3.05) is 7.11 Å². The third-order valence-electron chi connectivity index (χ3n) is 7.46. The molecule has 4 aliphatic carbocycles. The Hall–Kier alpha value is -1.60. The van der Waals surface area contributed by atoms with Crippen molar-refractivity contribution >= 4 is 15.9 Å². The van der Waals surface area contributed by atoms with E-state index in [-0.39, 0.29) is 34.1 Å². The number of rotatable bonds is 7. The largest absolute Gasteiger partial charge is 0.495 e. The fraction of sp³-hybridized carbons (Fsp3) is 0.696. The zero-order valence-corrected chi connectivity index (χ0v) is 19.2. The van der Waals surface area contributed by atoms with Crippen LogP contribution in [0.1, 0.15) is 69.7 Å². The Morgan fingerprint density at radius 2 is 1.63 bits per heavy atom. The molecule has 7 heteroatoms. The van der Waals surface area contributed by atoms with Gasteiger partial charge < -0.3 is 10.1 Å². The van der Waals surface area contributed by atoms with Gasteiger partial charge in [0.05, 0.1) is 7.11 Å². The summed E-state index contributed by atoms with van der Waals surface area (Å²) in [5, 5.41) is 3.22. The standard InChI is InChI=1S/C23H34N2O4S/c1-14(2)25-30(27,28)21-10-19(5-6-20(21)29-4)22(26)24-15(3)23-11-16-7-17(12-23)9-18(8-16)13-23/h5-6,10,14-18,25H,7-9,11-13H2,1-4H3,(H,24,26). The number of hydrogen-bond acceptors (Lipinski definition) is 4. The second kappa shape index (κ2) is 7.83. The van der Waals surface area contributed by atoms with E-state index in [9.17, 15) is 13.2 Å². The van der Waals surface area contributed by atoms with Crippen LogP contribution in [-0.2, 0) is 10.0 Å². The van der Waals surface area contributed by atoms with Crippen LogP contribution in [0, 0.1) is 23.2 Å². The Morgan fingerprint density at radius 3 is 2.13 bits per heavy atom. The van der Waals surface area contributed by atoms with E-state index in [0.29, 0.717) is 5.56 Å². The molecule has 6 nitrogen and oxygen atoms in total. The fourth-order valence-corrected chi connectivity index (χ4v) is 7.99. The average Bonchev–Trinajstić information content (AvgIpc) is 2.65. The maximum Gasteiger partial charge on any atom is 0.251 e. The van der Waals surface area contributed by atoms with Gasteiger partial charge in [-0.25, -0.2) is 13.1 Å². The molecule has 0 spiro atoms. The van der Waals surface area contributed by atoms with Crippen molar-refractivity contribution < 1.29 is 17.9 Å². The van der Waals surface area contributed by atoms with Gasteiger partial charge >= 0.3 is 0 Å². The van der Waals surface area contributed by atoms with Crippen LogP contribution in [0.4, 0.5) is 0 Å². The predicted molar refractivity (Wildman–Crippen MR) is 116 cm³/mol. The number of carbonyl (C=O) groups is 1. The molecular weight excluding hydrogens is 400 g/mol. The van der Waals surface area contributed by atoms with E-state index in [1.54, 1.807) is 26.0 Å². The normalized spacial score (nSPS) is 31.0. The van der Waals surface area contributed by atoms with Crippen LogP contribution in [0.5, 0.6) is 5.75 Å². The maximum absolute atomic E-state index is 13.1. The molecule has 30 heavy (non-hydrogen) atoms. The molecule has 0 aliphatic heterocycles. The molecule has 0 radical (unpaired) electrons. The van der Waals surface area contributed by atoms with Gasteiger partial charge in [-0.05, 0) is 101 Å². The summed E-state index contributed by atoms with van der Waals surface area (Å²) >= 11 is 0. The summed E-state index contributed by atoms with van der Waals surface area (Å²) in [6, 6.07) is 4.43. The summed E-state index contributed by atoms with van der Waals surface area (Å²) in [5.74, 6) is 2.46. The van der Waals surface area contributed by atoms with E-state index in [1.165, 1.54) is 51.7 Å². The van der Waals surface area contributed by atoms with Gasteiger partial charge in [-0.15, -0.1) is 0 Å². The first-order chi connectivity index (χ1) is 14.1. The van der Waals surface area contributed by atoms with Crippen molar-refractivity contribution in [3.8, 4) is 5.75 Å². The van der Waals surface area contributed by atoms with Gasteiger partial charge in [0, 0.05) is 17.6 Å². The van der Waals surface area contributed by atoms with Crippen LogP contribution < -0.4 is 14.8 Å². The predicted octanol–water partition coefficient (Wildman–Crippen LogP) is 3.72. The second-order valence-corrected chi connectivity index (χ2v) is 11.8. The van der Waals surface area contributed by atoms with E-state index in [4.69, 9.17) is 4.74 Å². The first-order valence-electron chi connectivity index (χ1n) is 11.1. The van der Waals surface area contributed by atoms with E-state index in [1.807, 2.05) is 0 Å². The molecule has 0 heterocycles. The van der Waals surface area contributed by atoms with Gasteiger partial charge in [0.15, 0.2) is 0 Å². The molecular formula is C23H34N2O4S. The number of benzene rings is 1. The molecule has 4 fully saturated rings. The summed E-state index contributed by atoms with van der Waals surface area (Å²) in [6.45, 7) is 5.65. The monoisotopic (exact) mass is 434 g/mol. The number of hydrogen-bond donors (Lipinski definition) is 2. The van der Waals surface area contributed by atoms with Gasteiger partial charge in [-0.2, -0.15) is 0 Å². The lowest BCUT2D eigenvalue weighted by Crippen LogP contribution is -2.55. The second-order valence-electron chi connectivity index (χ2n) is 10.1. The molecule has 1 amide bonds. The van der Waals surface area contributed by atoms with Crippen molar-refractivity contribution in [3.63, 3.8) is 0 Å². The van der Waals surface area contributed by atoms with Gasteiger partial charge in [0.1, 0.15) is 10.6 Å². The van der Waals surface area contributed by atoms with Crippen LogP contribution >= 0.6 is 0 Å². The number of nitrogens with one attached hydrogen (secondary N) is 2. The summed E-state index contributed by atoms with van der Waals surface area (Å²) in [7, 11) is -2.35. The van der Waals surface area contributed by atoms with Gasteiger partial charge in [0.2, 0.25) is 10.0 Å². The van der Waals surface area contributed by atoms with Crippen LogP contribution in [-0.4, -0.2) is 33.5 Å². The van der Waals surface area contributed by atoms with Crippen molar-refractivity contribution in [2.45, 2.75) is 76.3 Å². The number of ether oxygens (including phenoxy) is 1. The molecule has 4 bridgehead atoms. The minimum absolute atomic E-state index is 0.00573. The lowest BCUT2D eigenvalue weighted by Gasteiger charge is -2.59. The summed E-state index contributed by atoms with van der Waals surface area (Å²) in [5.41, 5.74) is 0.543. The Kier molecular flexibility index (Phi) is 5.64. The maximum atomic E-state index is 13.1. The van der Waals surface area contributed by atoms with Gasteiger partial charge in [0.25, 0.3) is 5.91 Å². The zero-order chi connectivity index (χ0) is 21.7. The van der Waals surface area contributed by atoms with Crippen LogP contribution in [0.15, 0.2) is 23.1 Å². The SMILES string of the molecule is COc1ccc(C(=O)NC(C)C23CC4CC(CC(C4)C2)C3)cc1S(=O)(=O)NC(C)C. The molecule has 1 unspecified atom stereocenters. The molecule has 1 aromatic carbocycles. The number of amides is 1.